The van der Waals surface area contributed by atoms with Crippen molar-refractivity contribution in [2.24, 2.45) is 0 Å². The summed E-state index contributed by atoms with van der Waals surface area (Å²) in [5.74, 6) is -0.228. The lowest BCUT2D eigenvalue weighted by molar-refractivity contribution is -0.359. The zero-order valence-electron chi connectivity index (χ0n) is 43.8. The summed E-state index contributed by atoms with van der Waals surface area (Å²) in [6.07, 6.45) is 29.7. The Hall–Kier alpha value is -1.01. The second kappa shape index (κ2) is 42.4. The molecule has 2 aliphatic rings. The molecule has 0 aromatic rings. The predicted molar refractivity (Wildman–Crippen MR) is 272 cm³/mol. The van der Waals surface area contributed by atoms with Crippen molar-refractivity contribution in [3.63, 3.8) is 0 Å². The van der Waals surface area contributed by atoms with E-state index in [0.717, 1.165) is 38.5 Å². The first-order valence-electron chi connectivity index (χ1n) is 28.8. The van der Waals surface area contributed by atoms with Crippen LogP contribution >= 0.6 is 0 Å². The highest BCUT2D eigenvalue weighted by atomic mass is 16.7. The summed E-state index contributed by atoms with van der Waals surface area (Å²) in [6, 6.07) is -0.818. The minimum Gasteiger partial charge on any atom is -0.394 e. The third-order valence-electron chi connectivity index (χ3n) is 14.6. The number of ether oxygens (including phenoxy) is 4. The largest absolute Gasteiger partial charge is 0.394 e. The van der Waals surface area contributed by atoms with E-state index in [2.05, 4.69) is 12.2 Å². The van der Waals surface area contributed by atoms with E-state index in [9.17, 15) is 45.6 Å². The number of hydrogen-bond donors (Lipinski definition) is 9. The Morgan fingerprint density at radius 3 is 1.23 bits per heavy atom. The van der Waals surface area contributed by atoms with Crippen LogP contribution in [0.25, 0.3) is 0 Å². The fourth-order valence-electron chi connectivity index (χ4n) is 9.89. The molecule has 2 aliphatic heterocycles. The van der Waals surface area contributed by atoms with Gasteiger partial charge >= 0.3 is 0 Å². The normalized spacial score (nSPS) is 26.1. The lowest BCUT2D eigenvalue weighted by atomic mass is 9.97. The molecule has 0 bridgehead atoms. The smallest absolute Gasteiger partial charge is 0.220 e. The molecule has 0 aromatic carbocycles. The monoisotopic (exact) mass is 990 g/mol. The van der Waals surface area contributed by atoms with Gasteiger partial charge in [0.2, 0.25) is 5.91 Å². The molecule has 0 saturated carbocycles. The van der Waals surface area contributed by atoms with Crippen LogP contribution in [0.15, 0.2) is 0 Å². The Balaban J connectivity index is 1.51. The van der Waals surface area contributed by atoms with E-state index in [-0.39, 0.29) is 12.5 Å². The van der Waals surface area contributed by atoms with Gasteiger partial charge in [0, 0.05) is 6.42 Å². The highest BCUT2D eigenvalue weighted by molar-refractivity contribution is 5.76. The van der Waals surface area contributed by atoms with E-state index < -0.39 is 86.8 Å². The molecule has 1 amide bonds. The molecule has 0 aliphatic carbocycles. The van der Waals surface area contributed by atoms with Gasteiger partial charge in [-0.15, -0.1) is 0 Å². The van der Waals surface area contributed by atoms with Gasteiger partial charge in [0.15, 0.2) is 12.6 Å². The number of nitrogens with one attached hydrogen (secondary N) is 1. The number of aliphatic hydroxyl groups is 8. The fraction of sp³-hybridized carbons (Fsp3) is 0.982. The SMILES string of the molecule is CCCCCCCCCCCCCCCCCCCCCCCCCCCCCCCCCCC(O)C(COC1OC(CO)C(OC2OC(CO)C(O)C(O)C2O)C(O)C1O)NC(=O)CCCCC. The van der Waals surface area contributed by atoms with Crippen molar-refractivity contribution in [2.45, 2.75) is 325 Å². The number of carbonyl (C=O) groups is 1. The number of amides is 1. The maximum absolute atomic E-state index is 12.8. The third kappa shape index (κ3) is 28.9. The van der Waals surface area contributed by atoms with Crippen LogP contribution in [-0.2, 0) is 23.7 Å². The number of unbranched alkanes of at least 4 members (excludes halogenated alkanes) is 33. The Bertz CT molecular complexity index is 1170. The van der Waals surface area contributed by atoms with Gasteiger partial charge in [-0.2, -0.15) is 0 Å². The fourth-order valence-corrected chi connectivity index (χ4v) is 9.89. The van der Waals surface area contributed by atoms with Gasteiger partial charge in [-0.1, -0.05) is 232 Å². The molecule has 2 fully saturated rings. The molecule has 2 heterocycles. The van der Waals surface area contributed by atoms with Crippen molar-refractivity contribution in [1.82, 2.24) is 5.32 Å². The van der Waals surface area contributed by atoms with E-state index in [1.165, 1.54) is 180 Å². The third-order valence-corrected chi connectivity index (χ3v) is 14.6. The molecular weight excluding hydrogens is 883 g/mol. The van der Waals surface area contributed by atoms with Crippen molar-refractivity contribution < 1.29 is 64.6 Å². The lowest BCUT2D eigenvalue weighted by Gasteiger charge is -2.46. The van der Waals surface area contributed by atoms with Crippen LogP contribution in [0.4, 0.5) is 0 Å². The Morgan fingerprint density at radius 1 is 0.464 bits per heavy atom. The maximum Gasteiger partial charge on any atom is 0.220 e. The summed E-state index contributed by atoms with van der Waals surface area (Å²) in [6.45, 7) is 2.70. The first-order chi connectivity index (χ1) is 33.6. The highest BCUT2D eigenvalue weighted by Crippen LogP contribution is 2.30. The van der Waals surface area contributed by atoms with Crippen molar-refractivity contribution in [3.8, 4) is 0 Å². The quantitative estimate of drug-likeness (QED) is 0.0260. The maximum atomic E-state index is 12.8. The Morgan fingerprint density at radius 2 is 0.826 bits per heavy atom. The average Bonchev–Trinajstić information content (AvgIpc) is 3.35. The zero-order valence-corrected chi connectivity index (χ0v) is 43.8. The average molecular weight is 990 g/mol. The number of aliphatic hydroxyl groups excluding tert-OH is 8. The molecule has 69 heavy (non-hydrogen) atoms. The predicted octanol–water partition coefficient (Wildman–Crippen LogP) is 8.95. The lowest BCUT2D eigenvalue weighted by Crippen LogP contribution is -2.65. The minimum atomic E-state index is -1.78. The molecule has 0 aromatic heterocycles. The summed E-state index contributed by atoms with van der Waals surface area (Å²) in [5.41, 5.74) is 0. The molecule has 14 heteroatoms. The van der Waals surface area contributed by atoms with Gasteiger partial charge < -0.3 is 65.1 Å². The van der Waals surface area contributed by atoms with Crippen molar-refractivity contribution in [3.05, 3.63) is 0 Å². The van der Waals surface area contributed by atoms with Crippen LogP contribution in [0.2, 0.25) is 0 Å². The second-order valence-electron chi connectivity index (χ2n) is 20.8. The van der Waals surface area contributed by atoms with Crippen molar-refractivity contribution in [2.75, 3.05) is 19.8 Å². The van der Waals surface area contributed by atoms with Gasteiger partial charge in [0.1, 0.15) is 48.8 Å². The van der Waals surface area contributed by atoms with Crippen LogP contribution in [0.1, 0.15) is 251 Å². The molecule has 9 N–H and O–H groups in total. The molecule has 12 atom stereocenters. The van der Waals surface area contributed by atoms with Crippen LogP contribution < -0.4 is 5.32 Å². The molecule has 14 nitrogen and oxygen atoms in total. The van der Waals surface area contributed by atoms with Gasteiger partial charge in [-0.3, -0.25) is 4.79 Å². The van der Waals surface area contributed by atoms with Crippen LogP contribution in [0.5, 0.6) is 0 Å². The molecule has 12 unspecified atom stereocenters. The standard InChI is InChI=1S/C55H107NO13/c1-3-5-7-8-9-10-11-12-13-14-15-16-17-18-19-20-21-22-23-24-25-26-27-28-29-30-31-32-33-34-35-37-38-44(59)43(56-47(60)39-36-6-4-2)42-66-54-52(65)50(63)53(46(41-58)68-54)69-55-51(64)49(62)48(61)45(40-57)67-55/h43-46,48-55,57-59,61-65H,3-42H2,1-2H3,(H,56,60). The number of hydrogen-bond acceptors (Lipinski definition) is 13. The summed E-state index contributed by atoms with van der Waals surface area (Å²) in [4.78, 5) is 12.8. The van der Waals surface area contributed by atoms with E-state index in [1.54, 1.807) is 0 Å². The summed E-state index contributed by atoms with van der Waals surface area (Å²) >= 11 is 0. The number of carbonyl (C=O) groups excluding carboxylic acids is 1. The molecule has 2 rings (SSSR count). The summed E-state index contributed by atoms with van der Waals surface area (Å²) in [7, 11) is 0. The zero-order chi connectivity index (χ0) is 50.3. The van der Waals surface area contributed by atoms with Crippen molar-refractivity contribution >= 4 is 5.91 Å². The van der Waals surface area contributed by atoms with E-state index >= 15 is 0 Å². The van der Waals surface area contributed by atoms with Crippen LogP contribution in [0.3, 0.4) is 0 Å². The first kappa shape index (κ1) is 64.1. The van der Waals surface area contributed by atoms with Crippen LogP contribution in [0, 0.1) is 0 Å². The van der Waals surface area contributed by atoms with Gasteiger partial charge in [-0.25, -0.2) is 0 Å². The number of rotatable bonds is 46. The van der Waals surface area contributed by atoms with Crippen LogP contribution in [-0.4, -0.2) is 140 Å². The van der Waals surface area contributed by atoms with Crippen molar-refractivity contribution in [1.29, 1.82) is 0 Å². The van der Waals surface area contributed by atoms with E-state index in [1.807, 2.05) is 6.92 Å². The molecule has 0 radical (unpaired) electrons. The molecule has 0 spiro atoms. The second-order valence-corrected chi connectivity index (χ2v) is 20.8. The van der Waals surface area contributed by atoms with E-state index in [4.69, 9.17) is 18.9 Å². The Labute approximate surface area is 419 Å². The Kier molecular flexibility index (Phi) is 39.4. The summed E-state index contributed by atoms with van der Waals surface area (Å²) < 4.78 is 22.6. The topological polar surface area (TPSA) is 228 Å². The summed E-state index contributed by atoms with van der Waals surface area (Å²) in [5, 5.41) is 86.4. The molecular formula is C55H107NO13. The minimum absolute atomic E-state index is 0.228. The highest BCUT2D eigenvalue weighted by Gasteiger charge is 2.51. The van der Waals surface area contributed by atoms with Gasteiger partial charge in [-0.05, 0) is 12.8 Å². The van der Waals surface area contributed by atoms with Gasteiger partial charge in [0.25, 0.3) is 0 Å². The van der Waals surface area contributed by atoms with E-state index in [0.29, 0.717) is 19.3 Å². The molecule has 410 valence electrons. The molecule has 2 saturated heterocycles. The van der Waals surface area contributed by atoms with Gasteiger partial charge in [0.05, 0.1) is 32.0 Å². The first-order valence-corrected chi connectivity index (χ1v) is 28.8.